The minimum Gasteiger partial charge on any atom is -0.338 e. The van der Waals surface area contributed by atoms with Crippen molar-refractivity contribution < 1.29 is 9.18 Å². The summed E-state index contributed by atoms with van der Waals surface area (Å²) in [6.45, 7) is 5.05. The van der Waals surface area contributed by atoms with Crippen molar-refractivity contribution in [3.63, 3.8) is 0 Å². The summed E-state index contributed by atoms with van der Waals surface area (Å²) in [4.78, 5) is 17.9. The van der Waals surface area contributed by atoms with Crippen molar-refractivity contribution in [2.75, 3.05) is 13.1 Å². The number of benzene rings is 1. The number of halogens is 1. The van der Waals surface area contributed by atoms with Gasteiger partial charge in [0.25, 0.3) is 5.91 Å². The van der Waals surface area contributed by atoms with Crippen molar-refractivity contribution >= 4 is 16.8 Å². The number of aromatic nitrogens is 1. The molecule has 0 fully saturated rings. The van der Waals surface area contributed by atoms with Crippen molar-refractivity contribution in [1.82, 2.24) is 9.88 Å². The van der Waals surface area contributed by atoms with Crippen molar-refractivity contribution in [2.24, 2.45) is 0 Å². The van der Waals surface area contributed by atoms with Crippen LogP contribution in [0.1, 0.15) is 24.3 Å². The number of amides is 1. The average Bonchev–Trinajstić information content (AvgIpc) is 2.40. The highest BCUT2D eigenvalue weighted by atomic mass is 19.1. The molecule has 94 valence electrons. The van der Waals surface area contributed by atoms with E-state index >= 15 is 0 Å². The molecule has 4 heteroatoms. The Morgan fingerprint density at radius 1 is 1.22 bits per heavy atom. The van der Waals surface area contributed by atoms with Crippen molar-refractivity contribution in [2.45, 2.75) is 13.8 Å². The maximum absolute atomic E-state index is 13.6. The van der Waals surface area contributed by atoms with Crippen LogP contribution in [0, 0.1) is 5.82 Å². The summed E-state index contributed by atoms with van der Waals surface area (Å²) in [6, 6.07) is 8.12. The average molecular weight is 246 g/mol. The third-order valence-corrected chi connectivity index (χ3v) is 2.94. The van der Waals surface area contributed by atoms with Crippen LogP contribution >= 0.6 is 0 Å². The Morgan fingerprint density at radius 2 is 1.94 bits per heavy atom. The Morgan fingerprint density at radius 3 is 2.61 bits per heavy atom. The molecule has 3 nitrogen and oxygen atoms in total. The van der Waals surface area contributed by atoms with Gasteiger partial charge in [0.1, 0.15) is 17.0 Å². The summed E-state index contributed by atoms with van der Waals surface area (Å²) < 4.78 is 13.6. The fourth-order valence-corrected chi connectivity index (χ4v) is 1.90. The fourth-order valence-electron chi connectivity index (χ4n) is 1.90. The van der Waals surface area contributed by atoms with E-state index in [0.717, 1.165) is 0 Å². The molecule has 0 saturated carbocycles. The molecule has 0 aliphatic carbocycles. The lowest BCUT2D eigenvalue weighted by molar-refractivity contribution is 0.0767. The lowest BCUT2D eigenvalue weighted by Crippen LogP contribution is -2.31. The van der Waals surface area contributed by atoms with Gasteiger partial charge in [-0.2, -0.15) is 0 Å². The first-order valence-corrected chi connectivity index (χ1v) is 6.02. The van der Waals surface area contributed by atoms with Gasteiger partial charge in [-0.25, -0.2) is 9.37 Å². The first-order chi connectivity index (χ1) is 8.67. The van der Waals surface area contributed by atoms with Crippen LogP contribution in [-0.2, 0) is 0 Å². The van der Waals surface area contributed by atoms with Gasteiger partial charge in [-0.1, -0.05) is 18.2 Å². The second-order valence-electron chi connectivity index (χ2n) is 3.99. The quantitative estimate of drug-likeness (QED) is 0.834. The Labute approximate surface area is 105 Å². The topological polar surface area (TPSA) is 33.2 Å². The van der Waals surface area contributed by atoms with Gasteiger partial charge in [0.15, 0.2) is 0 Å². The standard InChI is InChI=1S/C14H15FN2O/c1-3-17(4-2)14(18)12-9-8-10-6-5-7-11(15)13(10)16-12/h5-9H,3-4H2,1-2H3. The van der Waals surface area contributed by atoms with Crippen LogP contribution in [0.25, 0.3) is 10.9 Å². The predicted molar refractivity (Wildman–Crippen MR) is 69.0 cm³/mol. The van der Waals surface area contributed by atoms with Gasteiger partial charge in [0.2, 0.25) is 0 Å². The van der Waals surface area contributed by atoms with Crippen LogP contribution in [0.4, 0.5) is 4.39 Å². The van der Waals surface area contributed by atoms with E-state index in [9.17, 15) is 9.18 Å². The second-order valence-corrected chi connectivity index (χ2v) is 3.99. The third kappa shape index (κ3) is 2.18. The first-order valence-electron chi connectivity index (χ1n) is 6.02. The summed E-state index contributed by atoms with van der Waals surface area (Å²) in [5.41, 5.74) is 0.534. The lowest BCUT2D eigenvalue weighted by Gasteiger charge is -2.18. The zero-order chi connectivity index (χ0) is 13.1. The zero-order valence-corrected chi connectivity index (χ0v) is 10.5. The fraction of sp³-hybridized carbons (Fsp3) is 0.286. The molecule has 1 heterocycles. The molecule has 1 aromatic carbocycles. The molecule has 18 heavy (non-hydrogen) atoms. The van der Waals surface area contributed by atoms with E-state index in [0.29, 0.717) is 18.5 Å². The van der Waals surface area contributed by atoms with Gasteiger partial charge >= 0.3 is 0 Å². The van der Waals surface area contributed by atoms with E-state index in [-0.39, 0.29) is 17.1 Å². The van der Waals surface area contributed by atoms with Crippen LogP contribution in [0.5, 0.6) is 0 Å². The Bertz CT molecular complexity index is 579. The van der Waals surface area contributed by atoms with E-state index in [1.54, 1.807) is 29.2 Å². The highest BCUT2D eigenvalue weighted by Gasteiger charge is 2.14. The number of para-hydroxylation sites is 1. The molecule has 2 rings (SSSR count). The molecule has 0 bridgehead atoms. The van der Waals surface area contributed by atoms with E-state index in [1.807, 2.05) is 13.8 Å². The predicted octanol–water partition coefficient (Wildman–Crippen LogP) is 2.86. The van der Waals surface area contributed by atoms with E-state index < -0.39 is 5.82 Å². The molecule has 0 unspecified atom stereocenters. The highest BCUT2D eigenvalue weighted by molar-refractivity contribution is 5.94. The Balaban J connectivity index is 2.47. The third-order valence-electron chi connectivity index (χ3n) is 2.94. The van der Waals surface area contributed by atoms with Gasteiger partial charge in [-0.15, -0.1) is 0 Å². The first kappa shape index (κ1) is 12.5. The summed E-state index contributed by atoms with van der Waals surface area (Å²) in [6.07, 6.45) is 0. The Kier molecular flexibility index (Phi) is 3.55. The van der Waals surface area contributed by atoms with Gasteiger partial charge in [-0.05, 0) is 26.0 Å². The molecule has 0 aliphatic heterocycles. The van der Waals surface area contributed by atoms with Crippen LogP contribution in [0.2, 0.25) is 0 Å². The molecule has 0 aliphatic rings. The molecule has 0 spiro atoms. The molecule has 1 aromatic heterocycles. The molecule has 0 saturated heterocycles. The number of carbonyl (C=O) groups is 1. The van der Waals surface area contributed by atoms with Crippen LogP contribution in [0.3, 0.4) is 0 Å². The number of pyridine rings is 1. The molecular weight excluding hydrogens is 231 g/mol. The summed E-state index contributed by atoms with van der Waals surface area (Å²) >= 11 is 0. The summed E-state index contributed by atoms with van der Waals surface area (Å²) in [7, 11) is 0. The smallest absolute Gasteiger partial charge is 0.272 e. The van der Waals surface area contributed by atoms with Gasteiger partial charge in [0.05, 0.1) is 0 Å². The van der Waals surface area contributed by atoms with Gasteiger partial charge < -0.3 is 4.90 Å². The van der Waals surface area contributed by atoms with E-state index in [2.05, 4.69) is 4.98 Å². The van der Waals surface area contributed by atoms with Crippen molar-refractivity contribution in [3.05, 3.63) is 41.8 Å². The second kappa shape index (κ2) is 5.12. The minimum absolute atomic E-state index is 0.162. The number of hydrogen-bond donors (Lipinski definition) is 0. The normalized spacial score (nSPS) is 10.6. The van der Waals surface area contributed by atoms with Crippen LogP contribution in [-0.4, -0.2) is 28.9 Å². The number of carbonyl (C=O) groups excluding carboxylic acids is 1. The highest BCUT2D eigenvalue weighted by Crippen LogP contribution is 2.16. The Hall–Kier alpha value is -1.97. The molecule has 0 radical (unpaired) electrons. The van der Waals surface area contributed by atoms with Crippen LogP contribution < -0.4 is 0 Å². The minimum atomic E-state index is -0.401. The number of rotatable bonds is 3. The summed E-state index contributed by atoms with van der Waals surface area (Å²) in [5.74, 6) is -0.563. The SMILES string of the molecule is CCN(CC)C(=O)c1ccc2cccc(F)c2n1. The largest absolute Gasteiger partial charge is 0.338 e. The van der Waals surface area contributed by atoms with E-state index in [1.165, 1.54) is 6.07 Å². The van der Waals surface area contributed by atoms with Crippen LogP contribution in [0.15, 0.2) is 30.3 Å². The summed E-state index contributed by atoms with van der Waals surface area (Å²) in [5, 5.41) is 0.700. The maximum atomic E-state index is 13.6. The maximum Gasteiger partial charge on any atom is 0.272 e. The van der Waals surface area contributed by atoms with Crippen molar-refractivity contribution in [3.8, 4) is 0 Å². The zero-order valence-electron chi connectivity index (χ0n) is 10.5. The van der Waals surface area contributed by atoms with Crippen molar-refractivity contribution in [1.29, 1.82) is 0 Å². The molecule has 0 N–H and O–H groups in total. The molecule has 2 aromatic rings. The lowest BCUT2D eigenvalue weighted by atomic mass is 10.2. The van der Waals surface area contributed by atoms with Gasteiger partial charge in [-0.3, -0.25) is 4.79 Å². The van der Waals surface area contributed by atoms with Gasteiger partial charge in [0, 0.05) is 18.5 Å². The monoisotopic (exact) mass is 246 g/mol. The number of hydrogen-bond acceptors (Lipinski definition) is 2. The number of nitrogens with zero attached hydrogens (tertiary/aromatic N) is 2. The molecular formula is C14H15FN2O. The molecule has 0 atom stereocenters. The van der Waals surface area contributed by atoms with E-state index in [4.69, 9.17) is 0 Å². The number of fused-ring (bicyclic) bond motifs is 1. The molecule has 1 amide bonds.